The molecule has 0 aliphatic rings. The summed E-state index contributed by atoms with van der Waals surface area (Å²) in [6, 6.07) is 6.07. The van der Waals surface area contributed by atoms with E-state index in [1.165, 1.54) is 5.56 Å². The minimum atomic E-state index is 0.0997. The van der Waals surface area contributed by atoms with Gasteiger partial charge in [-0.15, -0.1) is 0 Å². The van der Waals surface area contributed by atoms with E-state index in [0.29, 0.717) is 6.61 Å². The van der Waals surface area contributed by atoms with E-state index in [2.05, 4.69) is 18.3 Å². The van der Waals surface area contributed by atoms with E-state index in [4.69, 9.17) is 14.2 Å². The molecule has 0 bridgehead atoms. The highest BCUT2D eigenvalue weighted by atomic mass is 16.5. The summed E-state index contributed by atoms with van der Waals surface area (Å²) in [6.45, 7) is 6.77. The molecule has 0 aromatic heterocycles. The number of rotatable bonds is 10. The normalized spacial score (nSPS) is 12.2. The van der Waals surface area contributed by atoms with Gasteiger partial charge in [0.05, 0.1) is 13.2 Å². The molecule has 0 saturated carbocycles. The molecule has 0 aliphatic heterocycles. The van der Waals surface area contributed by atoms with Crippen LogP contribution in [0.1, 0.15) is 32.3 Å². The van der Waals surface area contributed by atoms with Gasteiger partial charge in [0.2, 0.25) is 0 Å². The predicted molar refractivity (Wildman–Crippen MR) is 81.6 cm³/mol. The van der Waals surface area contributed by atoms with Crippen LogP contribution in [0.25, 0.3) is 0 Å². The Hall–Kier alpha value is -1.26. The lowest BCUT2D eigenvalue weighted by Gasteiger charge is -2.17. The quantitative estimate of drug-likeness (QED) is 0.669. The van der Waals surface area contributed by atoms with Crippen LogP contribution in [-0.4, -0.2) is 33.5 Å². The predicted octanol–water partition coefficient (Wildman–Crippen LogP) is 3.00. The number of methoxy groups -OCH3 is 2. The summed E-state index contributed by atoms with van der Waals surface area (Å²) >= 11 is 0. The van der Waals surface area contributed by atoms with Gasteiger partial charge >= 0.3 is 0 Å². The first-order chi connectivity index (χ1) is 9.71. The SMILES string of the molecule is CCCNCc1ccc(OC)c(OC(C)CCOC)c1. The van der Waals surface area contributed by atoms with Gasteiger partial charge < -0.3 is 19.5 Å². The maximum Gasteiger partial charge on any atom is 0.161 e. The Kier molecular flexibility index (Phi) is 8.07. The third kappa shape index (κ3) is 5.80. The van der Waals surface area contributed by atoms with Crippen LogP contribution in [0.15, 0.2) is 18.2 Å². The smallest absolute Gasteiger partial charge is 0.161 e. The van der Waals surface area contributed by atoms with Crippen molar-refractivity contribution in [3.63, 3.8) is 0 Å². The molecule has 0 fully saturated rings. The van der Waals surface area contributed by atoms with Crippen LogP contribution in [0.5, 0.6) is 11.5 Å². The zero-order valence-electron chi connectivity index (χ0n) is 13.1. The number of ether oxygens (including phenoxy) is 3. The zero-order chi connectivity index (χ0) is 14.8. The maximum atomic E-state index is 5.95. The van der Waals surface area contributed by atoms with Crippen molar-refractivity contribution in [2.75, 3.05) is 27.4 Å². The first-order valence-electron chi connectivity index (χ1n) is 7.24. The Morgan fingerprint density at radius 1 is 1.20 bits per heavy atom. The van der Waals surface area contributed by atoms with Crippen molar-refractivity contribution < 1.29 is 14.2 Å². The summed E-state index contributed by atoms with van der Waals surface area (Å²) in [4.78, 5) is 0. The minimum Gasteiger partial charge on any atom is -0.493 e. The second-order valence-corrected chi connectivity index (χ2v) is 4.87. The number of hydrogen-bond donors (Lipinski definition) is 1. The molecule has 4 heteroatoms. The number of hydrogen-bond acceptors (Lipinski definition) is 4. The summed E-state index contributed by atoms with van der Waals surface area (Å²) < 4.78 is 16.4. The molecule has 0 saturated heterocycles. The van der Waals surface area contributed by atoms with Crippen LogP contribution >= 0.6 is 0 Å². The van der Waals surface area contributed by atoms with Gasteiger partial charge in [0.15, 0.2) is 11.5 Å². The van der Waals surface area contributed by atoms with Gasteiger partial charge in [0.1, 0.15) is 0 Å². The highest BCUT2D eigenvalue weighted by Gasteiger charge is 2.10. The summed E-state index contributed by atoms with van der Waals surface area (Å²) in [7, 11) is 3.37. The molecule has 1 aromatic rings. The van der Waals surface area contributed by atoms with E-state index in [9.17, 15) is 0 Å². The van der Waals surface area contributed by atoms with Crippen LogP contribution in [0, 0.1) is 0 Å². The monoisotopic (exact) mass is 281 g/mol. The van der Waals surface area contributed by atoms with E-state index in [1.807, 2.05) is 19.1 Å². The Morgan fingerprint density at radius 2 is 2.00 bits per heavy atom. The Morgan fingerprint density at radius 3 is 2.65 bits per heavy atom. The first-order valence-corrected chi connectivity index (χ1v) is 7.24. The van der Waals surface area contributed by atoms with Crippen molar-refractivity contribution in [1.29, 1.82) is 0 Å². The fraction of sp³-hybridized carbons (Fsp3) is 0.625. The van der Waals surface area contributed by atoms with Crippen molar-refractivity contribution in [2.45, 2.75) is 39.3 Å². The van der Waals surface area contributed by atoms with Crippen molar-refractivity contribution in [3.8, 4) is 11.5 Å². The van der Waals surface area contributed by atoms with Crippen molar-refractivity contribution in [3.05, 3.63) is 23.8 Å². The number of benzene rings is 1. The van der Waals surface area contributed by atoms with Crippen molar-refractivity contribution in [2.24, 2.45) is 0 Å². The van der Waals surface area contributed by atoms with Crippen LogP contribution in [0.4, 0.5) is 0 Å². The summed E-state index contributed by atoms with van der Waals surface area (Å²) in [5.41, 5.74) is 1.20. The van der Waals surface area contributed by atoms with E-state index < -0.39 is 0 Å². The van der Waals surface area contributed by atoms with Crippen molar-refractivity contribution >= 4 is 0 Å². The molecule has 1 rings (SSSR count). The Balaban J connectivity index is 2.67. The third-order valence-corrected chi connectivity index (χ3v) is 3.04. The summed E-state index contributed by atoms with van der Waals surface area (Å²) in [5, 5.41) is 3.39. The molecule has 0 radical (unpaired) electrons. The lowest BCUT2D eigenvalue weighted by molar-refractivity contribution is 0.132. The topological polar surface area (TPSA) is 39.7 Å². The zero-order valence-corrected chi connectivity index (χ0v) is 13.1. The van der Waals surface area contributed by atoms with Gasteiger partial charge in [0.25, 0.3) is 0 Å². The maximum absolute atomic E-state index is 5.95. The summed E-state index contributed by atoms with van der Waals surface area (Å²) in [5.74, 6) is 1.57. The Bertz CT molecular complexity index is 382. The average Bonchev–Trinajstić information content (AvgIpc) is 2.46. The fourth-order valence-corrected chi connectivity index (χ4v) is 1.89. The first kappa shape index (κ1) is 16.8. The molecule has 4 nitrogen and oxygen atoms in total. The highest BCUT2D eigenvalue weighted by molar-refractivity contribution is 5.43. The molecule has 0 spiro atoms. The van der Waals surface area contributed by atoms with Crippen molar-refractivity contribution in [1.82, 2.24) is 5.32 Å². The van der Waals surface area contributed by atoms with Crippen LogP contribution in [-0.2, 0) is 11.3 Å². The van der Waals surface area contributed by atoms with Crippen LogP contribution < -0.4 is 14.8 Å². The lowest BCUT2D eigenvalue weighted by Crippen LogP contribution is -2.16. The van der Waals surface area contributed by atoms with E-state index in [-0.39, 0.29) is 6.10 Å². The fourth-order valence-electron chi connectivity index (χ4n) is 1.89. The van der Waals surface area contributed by atoms with Crippen LogP contribution in [0.3, 0.4) is 0 Å². The standard InChI is InChI=1S/C16H27NO3/c1-5-9-17-12-14-6-7-15(19-4)16(11-14)20-13(2)8-10-18-3/h6-7,11,13,17H,5,8-10,12H2,1-4H3. The van der Waals surface area contributed by atoms with Gasteiger partial charge in [0, 0.05) is 26.7 Å². The molecule has 1 aromatic carbocycles. The van der Waals surface area contributed by atoms with Gasteiger partial charge in [-0.3, -0.25) is 0 Å². The Labute approximate surface area is 122 Å². The minimum absolute atomic E-state index is 0.0997. The average molecular weight is 281 g/mol. The van der Waals surface area contributed by atoms with Gasteiger partial charge in [-0.2, -0.15) is 0 Å². The van der Waals surface area contributed by atoms with E-state index in [1.54, 1.807) is 14.2 Å². The largest absolute Gasteiger partial charge is 0.493 e. The molecule has 1 N–H and O–H groups in total. The molecule has 0 amide bonds. The van der Waals surface area contributed by atoms with Crippen LogP contribution in [0.2, 0.25) is 0 Å². The van der Waals surface area contributed by atoms with E-state index in [0.717, 1.165) is 37.4 Å². The molecule has 1 unspecified atom stereocenters. The molecular weight excluding hydrogens is 254 g/mol. The highest BCUT2D eigenvalue weighted by Crippen LogP contribution is 2.29. The molecule has 20 heavy (non-hydrogen) atoms. The molecular formula is C16H27NO3. The second-order valence-electron chi connectivity index (χ2n) is 4.87. The van der Waals surface area contributed by atoms with Gasteiger partial charge in [-0.1, -0.05) is 13.0 Å². The second kappa shape index (κ2) is 9.61. The van der Waals surface area contributed by atoms with E-state index >= 15 is 0 Å². The van der Waals surface area contributed by atoms with Gasteiger partial charge in [-0.25, -0.2) is 0 Å². The number of nitrogens with one attached hydrogen (secondary N) is 1. The molecule has 114 valence electrons. The lowest BCUT2D eigenvalue weighted by atomic mass is 10.2. The molecule has 1 atom stereocenters. The molecule has 0 heterocycles. The summed E-state index contributed by atoms with van der Waals surface area (Å²) in [6.07, 6.45) is 2.09. The van der Waals surface area contributed by atoms with Gasteiger partial charge in [-0.05, 0) is 37.6 Å². The third-order valence-electron chi connectivity index (χ3n) is 3.04. The molecule has 0 aliphatic carbocycles.